The predicted molar refractivity (Wildman–Crippen MR) is 124 cm³/mol. The fraction of sp³-hybridized carbons (Fsp3) is 0.440. The molecule has 0 aromatic heterocycles. The van der Waals surface area contributed by atoms with Gasteiger partial charge in [-0.2, -0.15) is 0 Å². The zero-order chi connectivity index (χ0) is 20.6. The third kappa shape index (κ3) is 5.96. The van der Waals surface area contributed by atoms with Crippen LogP contribution in [0.5, 0.6) is 0 Å². The number of benzene rings is 1. The molecule has 0 saturated carbocycles. The summed E-state index contributed by atoms with van der Waals surface area (Å²) in [6.45, 7) is 7.40. The molecule has 2 aliphatic heterocycles. The van der Waals surface area contributed by atoms with E-state index in [1.165, 1.54) is 16.0 Å². The van der Waals surface area contributed by atoms with Gasteiger partial charge in [-0.25, -0.2) is 0 Å². The third-order valence-electron chi connectivity index (χ3n) is 5.82. The van der Waals surface area contributed by atoms with E-state index in [4.69, 9.17) is 9.47 Å². The van der Waals surface area contributed by atoms with Crippen LogP contribution < -0.4 is 0 Å². The van der Waals surface area contributed by atoms with E-state index in [9.17, 15) is 0 Å². The number of piperazine rings is 1. The van der Waals surface area contributed by atoms with Crippen molar-refractivity contribution in [1.82, 2.24) is 9.80 Å². The topological polar surface area (TPSA) is 24.9 Å². The summed E-state index contributed by atoms with van der Waals surface area (Å²) in [6.07, 6.45) is 14.2. The van der Waals surface area contributed by atoms with Crippen molar-refractivity contribution in [3.05, 3.63) is 77.8 Å². The van der Waals surface area contributed by atoms with Crippen LogP contribution in [0.3, 0.4) is 0 Å². The second kappa shape index (κ2) is 10.8. The molecule has 0 N–H and O–H groups in total. The Morgan fingerprint density at radius 2 is 1.83 bits per heavy atom. The highest BCUT2D eigenvalue weighted by Gasteiger charge is 2.22. The van der Waals surface area contributed by atoms with Crippen molar-refractivity contribution in [1.29, 1.82) is 0 Å². The van der Waals surface area contributed by atoms with E-state index in [1.807, 2.05) is 11.8 Å². The molecule has 30 heavy (non-hydrogen) atoms. The molecule has 0 radical (unpaired) electrons. The van der Waals surface area contributed by atoms with Gasteiger partial charge in [0, 0.05) is 49.8 Å². The lowest BCUT2D eigenvalue weighted by Gasteiger charge is -2.36. The maximum atomic E-state index is 5.90. The molecule has 0 bridgehead atoms. The van der Waals surface area contributed by atoms with Crippen molar-refractivity contribution in [3.63, 3.8) is 0 Å². The van der Waals surface area contributed by atoms with Crippen LogP contribution in [0.1, 0.15) is 31.7 Å². The van der Waals surface area contributed by atoms with Gasteiger partial charge >= 0.3 is 0 Å². The minimum Gasteiger partial charge on any atom is -0.460 e. The zero-order valence-electron chi connectivity index (χ0n) is 17.9. The first-order valence-corrected chi connectivity index (χ1v) is 12.0. The molecule has 160 valence electrons. The van der Waals surface area contributed by atoms with Crippen LogP contribution in [0.2, 0.25) is 0 Å². The summed E-state index contributed by atoms with van der Waals surface area (Å²) >= 11 is 1.95. The summed E-state index contributed by atoms with van der Waals surface area (Å²) < 4.78 is 11.8. The van der Waals surface area contributed by atoms with Gasteiger partial charge in [0.1, 0.15) is 12.0 Å². The smallest absolute Gasteiger partial charge is 0.231 e. The molecule has 5 heteroatoms. The lowest BCUT2D eigenvalue weighted by atomic mass is 10.0. The Bertz CT molecular complexity index is 818. The summed E-state index contributed by atoms with van der Waals surface area (Å²) in [7, 11) is 0. The fourth-order valence-corrected chi connectivity index (χ4v) is 4.78. The van der Waals surface area contributed by atoms with Crippen LogP contribution in [-0.2, 0) is 15.9 Å². The Balaban J connectivity index is 1.15. The SMILES string of the molecule is CCc1ccc(SCCN2CCN(C3=COC(CC4=CC=CCC4)=CO3)CC2)cc1. The van der Waals surface area contributed by atoms with Crippen molar-refractivity contribution in [2.75, 3.05) is 38.5 Å². The molecule has 1 aliphatic carbocycles. The minimum absolute atomic E-state index is 0.834. The van der Waals surface area contributed by atoms with Crippen molar-refractivity contribution in [2.45, 2.75) is 37.5 Å². The average molecular weight is 425 g/mol. The first-order valence-electron chi connectivity index (χ1n) is 11.1. The third-order valence-corrected chi connectivity index (χ3v) is 6.81. The van der Waals surface area contributed by atoms with Crippen LogP contribution in [0.15, 0.2) is 77.1 Å². The fourth-order valence-electron chi connectivity index (χ4n) is 3.87. The van der Waals surface area contributed by atoms with E-state index >= 15 is 0 Å². The largest absolute Gasteiger partial charge is 0.460 e. The number of nitrogens with zero attached hydrogens (tertiary/aromatic N) is 2. The molecule has 0 atom stereocenters. The summed E-state index contributed by atoms with van der Waals surface area (Å²) in [5, 5.41) is 0. The Morgan fingerprint density at radius 3 is 2.50 bits per heavy atom. The molecule has 1 saturated heterocycles. The minimum atomic E-state index is 0.834. The maximum Gasteiger partial charge on any atom is 0.231 e. The van der Waals surface area contributed by atoms with Gasteiger partial charge in [0.2, 0.25) is 5.88 Å². The van der Waals surface area contributed by atoms with E-state index in [0.29, 0.717) is 0 Å². The summed E-state index contributed by atoms with van der Waals surface area (Å²) in [5.74, 6) is 2.86. The number of hydrogen-bond acceptors (Lipinski definition) is 5. The predicted octanol–water partition coefficient (Wildman–Crippen LogP) is 5.31. The van der Waals surface area contributed by atoms with E-state index in [1.54, 1.807) is 12.5 Å². The van der Waals surface area contributed by atoms with Gasteiger partial charge in [0.15, 0.2) is 6.26 Å². The molecule has 0 amide bonds. The summed E-state index contributed by atoms with van der Waals surface area (Å²) in [6, 6.07) is 8.98. The van der Waals surface area contributed by atoms with Crippen molar-refractivity contribution >= 4 is 11.8 Å². The van der Waals surface area contributed by atoms with Crippen LogP contribution in [-0.4, -0.2) is 48.3 Å². The van der Waals surface area contributed by atoms with Gasteiger partial charge in [-0.3, -0.25) is 4.90 Å². The Morgan fingerprint density at radius 1 is 1.00 bits per heavy atom. The van der Waals surface area contributed by atoms with Gasteiger partial charge < -0.3 is 14.4 Å². The molecule has 3 aliphatic rings. The highest BCUT2D eigenvalue weighted by molar-refractivity contribution is 7.99. The molecular weight excluding hydrogens is 392 g/mol. The van der Waals surface area contributed by atoms with Gasteiger partial charge in [0.05, 0.1) is 0 Å². The van der Waals surface area contributed by atoms with Crippen molar-refractivity contribution < 1.29 is 9.47 Å². The first kappa shape index (κ1) is 21.1. The lowest BCUT2D eigenvalue weighted by Crippen LogP contribution is -2.46. The molecule has 2 heterocycles. The van der Waals surface area contributed by atoms with Crippen molar-refractivity contribution in [2.24, 2.45) is 0 Å². The average Bonchev–Trinajstić information content (AvgIpc) is 2.81. The van der Waals surface area contributed by atoms with Gasteiger partial charge in [0.25, 0.3) is 0 Å². The quantitative estimate of drug-likeness (QED) is 0.527. The summed E-state index contributed by atoms with van der Waals surface area (Å²) in [4.78, 5) is 6.19. The number of rotatable bonds is 8. The van der Waals surface area contributed by atoms with Gasteiger partial charge in [-0.1, -0.05) is 42.9 Å². The normalized spacial score (nSPS) is 19.5. The van der Waals surface area contributed by atoms with E-state index in [0.717, 1.165) is 75.8 Å². The van der Waals surface area contributed by atoms with E-state index in [-0.39, 0.29) is 0 Å². The van der Waals surface area contributed by atoms with Crippen LogP contribution in [0, 0.1) is 0 Å². The van der Waals surface area contributed by atoms with E-state index < -0.39 is 0 Å². The van der Waals surface area contributed by atoms with Crippen LogP contribution in [0.25, 0.3) is 0 Å². The Kier molecular flexibility index (Phi) is 7.59. The number of thioether (sulfide) groups is 1. The van der Waals surface area contributed by atoms with Gasteiger partial charge in [-0.05, 0) is 37.0 Å². The maximum absolute atomic E-state index is 5.90. The lowest BCUT2D eigenvalue weighted by molar-refractivity contribution is 0.0853. The van der Waals surface area contributed by atoms with Crippen LogP contribution in [0.4, 0.5) is 0 Å². The monoisotopic (exact) mass is 424 g/mol. The molecule has 0 unspecified atom stereocenters. The molecule has 4 nitrogen and oxygen atoms in total. The molecular formula is C25H32N2O2S. The Labute approximate surface area is 184 Å². The standard InChI is InChI=1S/C25H32N2O2S/c1-2-21-8-10-24(11-9-21)30-17-16-26-12-14-27(15-13-26)25-20-28-23(19-29-25)18-22-6-4-3-5-7-22/h3-4,6,8-11,19-20H,2,5,7,12-18H2,1H3. The van der Waals surface area contributed by atoms with E-state index in [2.05, 4.69) is 59.2 Å². The molecule has 1 aromatic carbocycles. The zero-order valence-corrected chi connectivity index (χ0v) is 18.7. The second-order valence-electron chi connectivity index (χ2n) is 7.92. The van der Waals surface area contributed by atoms with Crippen LogP contribution >= 0.6 is 11.8 Å². The highest BCUT2D eigenvalue weighted by atomic mass is 32.2. The second-order valence-corrected chi connectivity index (χ2v) is 9.09. The highest BCUT2D eigenvalue weighted by Crippen LogP contribution is 2.25. The number of aryl methyl sites for hydroxylation is 1. The number of hydrogen-bond donors (Lipinski definition) is 0. The molecule has 1 aromatic rings. The van der Waals surface area contributed by atoms with Crippen molar-refractivity contribution in [3.8, 4) is 0 Å². The van der Waals surface area contributed by atoms with Gasteiger partial charge in [-0.15, -0.1) is 11.8 Å². The Hall–Kier alpha value is -2.11. The summed E-state index contributed by atoms with van der Waals surface area (Å²) in [5.41, 5.74) is 2.81. The number of allylic oxidation sites excluding steroid dienone is 4. The molecule has 0 spiro atoms. The number of ether oxygens (including phenoxy) is 2. The molecule has 4 rings (SSSR count). The molecule has 1 fully saturated rings. The first-order chi connectivity index (χ1) is 14.8.